The van der Waals surface area contributed by atoms with E-state index in [9.17, 15) is 9.59 Å². The first kappa shape index (κ1) is 21.2. The first-order valence-electron chi connectivity index (χ1n) is 9.54. The number of carbonyl (C=O) groups is 2. The molecule has 0 amide bonds. The van der Waals surface area contributed by atoms with Crippen LogP contribution in [0.2, 0.25) is 0 Å². The van der Waals surface area contributed by atoms with Crippen LogP contribution >= 0.6 is 0 Å². The normalized spacial score (nSPS) is 10.6. The fraction of sp³-hybridized carbons (Fsp3) is 0.304. The fourth-order valence-corrected chi connectivity index (χ4v) is 2.29. The summed E-state index contributed by atoms with van der Waals surface area (Å²) in [5.74, 6) is 0.866. The molecule has 0 bridgehead atoms. The largest absolute Gasteiger partial charge is 0.494 e. The highest BCUT2D eigenvalue weighted by atomic mass is 16.5. The van der Waals surface area contributed by atoms with Crippen LogP contribution in [-0.4, -0.2) is 18.5 Å². The van der Waals surface area contributed by atoms with Crippen LogP contribution in [0.3, 0.4) is 0 Å². The lowest BCUT2D eigenvalue weighted by Gasteiger charge is -2.05. The molecule has 0 saturated carbocycles. The lowest BCUT2D eigenvalue weighted by atomic mass is 10.2. The summed E-state index contributed by atoms with van der Waals surface area (Å²) in [7, 11) is 0. The van der Waals surface area contributed by atoms with Crippen molar-refractivity contribution in [1.29, 1.82) is 0 Å². The van der Waals surface area contributed by atoms with E-state index in [1.807, 2.05) is 31.2 Å². The molecule has 5 heteroatoms. The predicted octanol–water partition coefficient (Wildman–Crippen LogP) is 5.19. The molecule has 5 nitrogen and oxygen atoms in total. The lowest BCUT2D eigenvalue weighted by Crippen LogP contribution is -2.07. The molecule has 0 N–H and O–H groups in total. The van der Waals surface area contributed by atoms with E-state index in [-0.39, 0.29) is 5.97 Å². The van der Waals surface area contributed by atoms with Gasteiger partial charge in [0.25, 0.3) is 0 Å². The van der Waals surface area contributed by atoms with Crippen LogP contribution in [0.5, 0.6) is 17.2 Å². The van der Waals surface area contributed by atoms with Gasteiger partial charge in [-0.2, -0.15) is 0 Å². The lowest BCUT2D eigenvalue weighted by molar-refractivity contribution is -0.134. The van der Waals surface area contributed by atoms with Crippen molar-refractivity contribution in [2.24, 2.45) is 0 Å². The standard InChI is InChI=1S/C23H26O5/c1-3-5-6-22(24)27-20-12-14-21(15-13-20)28-23(25)16-9-18-7-10-19(11-8-18)26-17-4-2/h7-16H,3-6,17H2,1-2H3/b16-9+. The van der Waals surface area contributed by atoms with E-state index in [1.165, 1.54) is 6.08 Å². The first-order chi connectivity index (χ1) is 13.6. The van der Waals surface area contributed by atoms with E-state index in [4.69, 9.17) is 14.2 Å². The van der Waals surface area contributed by atoms with Gasteiger partial charge in [0.05, 0.1) is 6.61 Å². The maximum absolute atomic E-state index is 12.0. The van der Waals surface area contributed by atoms with Gasteiger partial charge in [-0.25, -0.2) is 4.79 Å². The molecule has 148 valence electrons. The summed E-state index contributed by atoms with van der Waals surface area (Å²) in [5, 5.41) is 0. The quantitative estimate of drug-likeness (QED) is 0.321. The minimum atomic E-state index is -0.487. The minimum absolute atomic E-state index is 0.263. The van der Waals surface area contributed by atoms with E-state index in [0.717, 1.165) is 30.6 Å². The zero-order valence-corrected chi connectivity index (χ0v) is 16.4. The molecule has 0 fully saturated rings. The molecule has 0 radical (unpaired) electrons. The maximum Gasteiger partial charge on any atom is 0.336 e. The van der Waals surface area contributed by atoms with E-state index < -0.39 is 5.97 Å². The van der Waals surface area contributed by atoms with Gasteiger partial charge in [0.2, 0.25) is 0 Å². The Hall–Kier alpha value is -3.08. The second-order valence-electron chi connectivity index (χ2n) is 6.22. The van der Waals surface area contributed by atoms with Crippen LogP contribution in [-0.2, 0) is 9.59 Å². The highest BCUT2D eigenvalue weighted by Gasteiger charge is 2.05. The molecule has 2 aromatic carbocycles. The van der Waals surface area contributed by atoms with Crippen molar-refractivity contribution >= 4 is 18.0 Å². The molecule has 0 aliphatic rings. The van der Waals surface area contributed by atoms with Gasteiger partial charge in [0.15, 0.2) is 0 Å². The molecule has 0 atom stereocenters. The van der Waals surface area contributed by atoms with Crippen molar-refractivity contribution in [2.75, 3.05) is 6.61 Å². The molecule has 0 aliphatic heterocycles. The van der Waals surface area contributed by atoms with Gasteiger partial charge < -0.3 is 14.2 Å². The third kappa shape index (κ3) is 7.66. The Bertz CT molecular complexity index is 776. The molecule has 0 spiro atoms. The summed E-state index contributed by atoms with van der Waals surface area (Å²) < 4.78 is 16.0. The summed E-state index contributed by atoms with van der Waals surface area (Å²) in [6, 6.07) is 13.9. The Morgan fingerprint density at radius 1 is 0.821 bits per heavy atom. The first-order valence-corrected chi connectivity index (χ1v) is 9.54. The number of ether oxygens (including phenoxy) is 3. The number of rotatable bonds is 10. The van der Waals surface area contributed by atoms with Gasteiger partial charge >= 0.3 is 11.9 Å². The van der Waals surface area contributed by atoms with Crippen molar-refractivity contribution in [3.05, 3.63) is 60.2 Å². The maximum atomic E-state index is 12.0. The predicted molar refractivity (Wildman–Crippen MR) is 108 cm³/mol. The van der Waals surface area contributed by atoms with Gasteiger partial charge in [-0.1, -0.05) is 32.4 Å². The molecule has 2 aromatic rings. The van der Waals surface area contributed by atoms with Gasteiger partial charge in [-0.15, -0.1) is 0 Å². The SMILES string of the molecule is CCCCC(=O)Oc1ccc(OC(=O)/C=C/c2ccc(OCCC)cc2)cc1. The number of carbonyl (C=O) groups excluding carboxylic acids is 2. The van der Waals surface area contributed by atoms with Crippen LogP contribution in [0.4, 0.5) is 0 Å². The smallest absolute Gasteiger partial charge is 0.336 e. The second kappa shape index (κ2) is 11.6. The Morgan fingerprint density at radius 3 is 2.04 bits per heavy atom. The van der Waals surface area contributed by atoms with Crippen LogP contribution in [0.1, 0.15) is 45.1 Å². The molecule has 0 saturated heterocycles. The highest BCUT2D eigenvalue weighted by Crippen LogP contribution is 2.19. The molecule has 0 aliphatic carbocycles. The van der Waals surface area contributed by atoms with Crippen molar-refractivity contribution in [2.45, 2.75) is 39.5 Å². The average molecular weight is 382 g/mol. The van der Waals surface area contributed by atoms with E-state index in [1.54, 1.807) is 30.3 Å². The Morgan fingerprint density at radius 2 is 1.43 bits per heavy atom. The van der Waals surface area contributed by atoms with Crippen molar-refractivity contribution in [3.63, 3.8) is 0 Å². The minimum Gasteiger partial charge on any atom is -0.494 e. The van der Waals surface area contributed by atoms with Crippen molar-refractivity contribution in [3.8, 4) is 17.2 Å². The van der Waals surface area contributed by atoms with E-state index >= 15 is 0 Å². The number of hydrogen-bond donors (Lipinski definition) is 0. The molecular weight excluding hydrogens is 356 g/mol. The average Bonchev–Trinajstić information content (AvgIpc) is 2.71. The van der Waals surface area contributed by atoms with E-state index in [0.29, 0.717) is 24.5 Å². The van der Waals surface area contributed by atoms with Crippen LogP contribution < -0.4 is 14.2 Å². The molecule has 0 heterocycles. The Kier molecular flexibility index (Phi) is 8.79. The Labute approximate surface area is 165 Å². The molecule has 0 aromatic heterocycles. The Balaban J connectivity index is 1.83. The van der Waals surface area contributed by atoms with Crippen molar-refractivity contribution in [1.82, 2.24) is 0 Å². The third-order valence-corrected chi connectivity index (χ3v) is 3.77. The van der Waals surface area contributed by atoms with Gasteiger partial charge in [0, 0.05) is 12.5 Å². The fourth-order valence-electron chi connectivity index (χ4n) is 2.29. The van der Waals surface area contributed by atoms with Crippen molar-refractivity contribution < 1.29 is 23.8 Å². The summed E-state index contributed by atoms with van der Waals surface area (Å²) in [6.45, 7) is 4.75. The second-order valence-corrected chi connectivity index (χ2v) is 6.22. The topological polar surface area (TPSA) is 61.8 Å². The summed E-state index contributed by atoms with van der Waals surface area (Å²) in [4.78, 5) is 23.6. The molecule has 2 rings (SSSR count). The zero-order chi connectivity index (χ0) is 20.2. The molecule has 28 heavy (non-hydrogen) atoms. The van der Waals surface area contributed by atoms with E-state index in [2.05, 4.69) is 6.92 Å². The van der Waals surface area contributed by atoms with Crippen LogP contribution in [0, 0.1) is 0 Å². The van der Waals surface area contributed by atoms with Crippen LogP contribution in [0.15, 0.2) is 54.6 Å². The van der Waals surface area contributed by atoms with Gasteiger partial charge in [-0.05, 0) is 60.9 Å². The third-order valence-electron chi connectivity index (χ3n) is 3.77. The molecule has 0 unspecified atom stereocenters. The number of unbranched alkanes of at least 4 members (excludes halogenated alkanes) is 1. The van der Waals surface area contributed by atoms with Crippen LogP contribution in [0.25, 0.3) is 6.08 Å². The summed E-state index contributed by atoms with van der Waals surface area (Å²) in [5.41, 5.74) is 0.870. The van der Waals surface area contributed by atoms with Gasteiger partial charge in [0.1, 0.15) is 17.2 Å². The molecular formula is C23H26O5. The number of hydrogen-bond acceptors (Lipinski definition) is 5. The summed E-state index contributed by atoms with van der Waals surface area (Å²) >= 11 is 0. The zero-order valence-electron chi connectivity index (χ0n) is 16.4. The summed E-state index contributed by atoms with van der Waals surface area (Å²) in [6.07, 6.45) is 6.12. The highest BCUT2D eigenvalue weighted by molar-refractivity contribution is 5.88. The van der Waals surface area contributed by atoms with Gasteiger partial charge in [-0.3, -0.25) is 4.79 Å². The monoisotopic (exact) mass is 382 g/mol. The number of esters is 2. The number of benzene rings is 2.